The van der Waals surface area contributed by atoms with Crippen molar-refractivity contribution >= 4 is 5.91 Å². The number of nitrogens with zero attached hydrogens (tertiary/aromatic N) is 1. The Hall–Kier alpha value is -0.830. The molecule has 0 N–H and O–H groups in total. The van der Waals surface area contributed by atoms with Crippen molar-refractivity contribution in [2.45, 2.75) is 12.8 Å². The second-order valence-electron chi connectivity index (χ2n) is 3.15. The number of ether oxygens (including phenoxy) is 1. The summed E-state index contributed by atoms with van der Waals surface area (Å²) in [6.07, 6.45) is 3.53. The van der Waals surface area contributed by atoms with Gasteiger partial charge in [-0.25, -0.2) is 0 Å². The van der Waals surface area contributed by atoms with E-state index in [0.29, 0.717) is 0 Å². The maximum atomic E-state index is 11.2. The first-order valence-electron chi connectivity index (χ1n) is 4.18. The minimum atomic E-state index is 0.0758. The fraction of sp³-hybridized carbons (Fsp3) is 0.667. The van der Waals surface area contributed by atoms with E-state index in [1.807, 2.05) is 0 Å². The predicted molar refractivity (Wildman–Crippen MR) is 46.8 cm³/mol. The highest BCUT2D eigenvalue weighted by Crippen LogP contribution is 2.12. The molecule has 1 aliphatic heterocycles. The normalized spacial score (nSPS) is 17.3. The molecule has 0 saturated carbocycles. The van der Waals surface area contributed by atoms with Crippen LogP contribution < -0.4 is 0 Å². The van der Waals surface area contributed by atoms with Gasteiger partial charge in [0, 0.05) is 20.2 Å². The number of rotatable bonds is 1. The lowest BCUT2D eigenvalue weighted by Gasteiger charge is -2.15. The Labute approximate surface area is 73.0 Å². The van der Waals surface area contributed by atoms with Crippen LogP contribution >= 0.6 is 0 Å². The highest BCUT2D eigenvalue weighted by atomic mass is 16.5. The molecule has 0 aliphatic carbocycles. The van der Waals surface area contributed by atoms with Crippen LogP contribution in [0.2, 0.25) is 0 Å². The summed E-state index contributed by atoms with van der Waals surface area (Å²) in [4.78, 5) is 12.8. The summed E-state index contributed by atoms with van der Waals surface area (Å²) >= 11 is 0. The Kier molecular flexibility index (Phi) is 3.29. The lowest BCUT2D eigenvalue weighted by atomic mass is 10.1. The Morgan fingerprint density at radius 3 is 2.50 bits per heavy atom. The van der Waals surface area contributed by atoms with Gasteiger partial charge in [-0.1, -0.05) is 5.57 Å². The first kappa shape index (κ1) is 9.26. The standard InChI is InChI=1S/C9H15NO2/c1-10(2)9(11)7-8-3-5-12-6-4-8/h7H,3-6H2,1-2H3. The van der Waals surface area contributed by atoms with Gasteiger partial charge in [0.2, 0.25) is 5.91 Å². The molecule has 1 fully saturated rings. The summed E-state index contributed by atoms with van der Waals surface area (Å²) in [7, 11) is 3.53. The molecular formula is C9H15NO2. The molecule has 1 rings (SSSR count). The van der Waals surface area contributed by atoms with Crippen LogP contribution in [0.15, 0.2) is 11.6 Å². The molecule has 1 aliphatic rings. The van der Waals surface area contributed by atoms with Crippen molar-refractivity contribution in [3.05, 3.63) is 11.6 Å². The summed E-state index contributed by atoms with van der Waals surface area (Å²) in [6, 6.07) is 0. The first-order chi connectivity index (χ1) is 5.70. The van der Waals surface area contributed by atoms with Gasteiger partial charge in [-0.2, -0.15) is 0 Å². The summed E-state index contributed by atoms with van der Waals surface area (Å²) in [5.41, 5.74) is 1.21. The number of carbonyl (C=O) groups excluding carboxylic acids is 1. The van der Waals surface area contributed by atoms with Crippen LogP contribution in [0.4, 0.5) is 0 Å². The van der Waals surface area contributed by atoms with Gasteiger partial charge in [0.05, 0.1) is 13.2 Å². The van der Waals surface area contributed by atoms with E-state index in [1.54, 1.807) is 25.1 Å². The third kappa shape index (κ3) is 2.66. The van der Waals surface area contributed by atoms with Gasteiger partial charge in [0.25, 0.3) is 0 Å². The van der Waals surface area contributed by atoms with E-state index >= 15 is 0 Å². The van der Waals surface area contributed by atoms with Gasteiger partial charge < -0.3 is 9.64 Å². The Morgan fingerprint density at radius 1 is 1.42 bits per heavy atom. The Balaban J connectivity index is 2.48. The summed E-state index contributed by atoms with van der Waals surface area (Å²) < 4.78 is 5.18. The summed E-state index contributed by atoms with van der Waals surface area (Å²) in [5, 5.41) is 0. The third-order valence-corrected chi connectivity index (χ3v) is 1.90. The number of hydrogen-bond donors (Lipinski definition) is 0. The molecule has 0 bridgehead atoms. The van der Waals surface area contributed by atoms with E-state index in [2.05, 4.69) is 0 Å². The highest BCUT2D eigenvalue weighted by Gasteiger charge is 2.07. The van der Waals surface area contributed by atoms with E-state index in [1.165, 1.54) is 5.57 Å². The minimum absolute atomic E-state index is 0.0758. The second kappa shape index (κ2) is 4.26. The highest BCUT2D eigenvalue weighted by molar-refractivity contribution is 5.87. The topological polar surface area (TPSA) is 29.5 Å². The third-order valence-electron chi connectivity index (χ3n) is 1.90. The number of amides is 1. The van der Waals surface area contributed by atoms with Crippen molar-refractivity contribution in [1.82, 2.24) is 4.90 Å². The van der Waals surface area contributed by atoms with E-state index in [-0.39, 0.29) is 5.91 Å². The molecule has 3 heteroatoms. The lowest BCUT2D eigenvalue weighted by molar-refractivity contribution is -0.123. The van der Waals surface area contributed by atoms with Crippen LogP contribution in [-0.2, 0) is 9.53 Å². The van der Waals surface area contributed by atoms with Crippen LogP contribution in [0.5, 0.6) is 0 Å². The molecule has 1 heterocycles. The SMILES string of the molecule is CN(C)C(=O)C=C1CCOCC1. The number of carbonyl (C=O) groups is 1. The minimum Gasteiger partial charge on any atom is -0.381 e. The van der Waals surface area contributed by atoms with Gasteiger partial charge in [0.1, 0.15) is 0 Å². The molecule has 1 saturated heterocycles. The van der Waals surface area contributed by atoms with Gasteiger partial charge >= 0.3 is 0 Å². The molecule has 12 heavy (non-hydrogen) atoms. The van der Waals surface area contributed by atoms with Crippen molar-refractivity contribution in [1.29, 1.82) is 0 Å². The monoisotopic (exact) mass is 169 g/mol. The zero-order chi connectivity index (χ0) is 8.97. The van der Waals surface area contributed by atoms with E-state index < -0.39 is 0 Å². The molecule has 1 amide bonds. The number of likely N-dealkylation sites (N-methyl/N-ethyl adjacent to an activating group) is 1. The molecule has 0 aromatic heterocycles. The predicted octanol–water partition coefficient (Wildman–Crippen LogP) is 0.811. The molecule has 0 unspecified atom stereocenters. The molecule has 68 valence electrons. The molecule has 0 aromatic rings. The van der Waals surface area contributed by atoms with Crippen molar-refractivity contribution in [2.75, 3.05) is 27.3 Å². The molecule has 0 aromatic carbocycles. The van der Waals surface area contributed by atoms with E-state index in [0.717, 1.165) is 26.1 Å². The Morgan fingerprint density at radius 2 is 2.00 bits per heavy atom. The summed E-state index contributed by atoms with van der Waals surface area (Å²) in [5.74, 6) is 0.0758. The molecule has 3 nitrogen and oxygen atoms in total. The molecule has 0 radical (unpaired) electrons. The van der Waals surface area contributed by atoms with Crippen molar-refractivity contribution < 1.29 is 9.53 Å². The van der Waals surface area contributed by atoms with Gasteiger partial charge in [-0.15, -0.1) is 0 Å². The smallest absolute Gasteiger partial charge is 0.245 e. The largest absolute Gasteiger partial charge is 0.381 e. The zero-order valence-electron chi connectivity index (χ0n) is 7.67. The molecular weight excluding hydrogens is 154 g/mol. The number of hydrogen-bond acceptors (Lipinski definition) is 2. The van der Waals surface area contributed by atoms with Crippen LogP contribution in [0.1, 0.15) is 12.8 Å². The maximum absolute atomic E-state index is 11.2. The molecule has 0 spiro atoms. The van der Waals surface area contributed by atoms with Crippen LogP contribution in [0.25, 0.3) is 0 Å². The first-order valence-corrected chi connectivity index (χ1v) is 4.18. The van der Waals surface area contributed by atoms with Crippen LogP contribution in [-0.4, -0.2) is 38.1 Å². The van der Waals surface area contributed by atoms with Crippen molar-refractivity contribution in [2.24, 2.45) is 0 Å². The average molecular weight is 169 g/mol. The van der Waals surface area contributed by atoms with Crippen molar-refractivity contribution in [3.63, 3.8) is 0 Å². The van der Waals surface area contributed by atoms with Gasteiger partial charge in [-0.05, 0) is 12.8 Å². The van der Waals surface area contributed by atoms with E-state index in [9.17, 15) is 4.79 Å². The lowest BCUT2D eigenvalue weighted by Crippen LogP contribution is -2.20. The van der Waals surface area contributed by atoms with Gasteiger partial charge in [0.15, 0.2) is 0 Å². The molecule has 0 atom stereocenters. The maximum Gasteiger partial charge on any atom is 0.245 e. The van der Waals surface area contributed by atoms with Crippen molar-refractivity contribution in [3.8, 4) is 0 Å². The van der Waals surface area contributed by atoms with Crippen LogP contribution in [0.3, 0.4) is 0 Å². The quantitative estimate of drug-likeness (QED) is 0.544. The fourth-order valence-corrected chi connectivity index (χ4v) is 1.08. The zero-order valence-corrected chi connectivity index (χ0v) is 7.67. The average Bonchev–Trinajstić information content (AvgIpc) is 2.06. The Bertz CT molecular complexity index is 189. The van der Waals surface area contributed by atoms with Gasteiger partial charge in [-0.3, -0.25) is 4.79 Å². The second-order valence-corrected chi connectivity index (χ2v) is 3.15. The summed E-state index contributed by atoms with van der Waals surface area (Å²) in [6.45, 7) is 1.51. The van der Waals surface area contributed by atoms with Crippen LogP contribution in [0, 0.1) is 0 Å². The fourth-order valence-electron chi connectivity index (χ4n) is 1.08. The van der Waals surface area contributed by atoms with E-state index in [4.69, 9.17) is 4.74 Å².